The van der Waals surface area contributed by atoms with Crippen LogP contribution in [-0.2, 0) is 20.8 Å². The first kappa shape index (κ1) is 30.9. The number of thioether (sulfide) groups is 1. The van der Waals surface area contributed by atoms with Crippen molar-refractivity contribution < 1.29 is 24.2 Å². The van der Waals surface area contributed by atoms with Crippen molar-refractivity contribution in [3.63, 3.8) is 0 Å². The molecule has 1 fully saturated rings. The number of nitrogens with zero attached hydrogens (tertiary/aromatic N) is 1. The minimum Gasteiger partial charge on any atom is -0.489 e. The number of carboxylic acids is 1. The van der Waals surface area contributed by atoms with Gasteiger partial charge in [-0.1, -0.05) is 43.3 Å². The van der Waals surface area contributed by atoms with E-state index in [1.165, 1.54) is 0 Å². The molecule has 2 aromatic carbocycles. The van der Waals surface area contributed by atoms with Gasteiger partial charge in [-0.25, -0.2) is 4.79 Å². The highest BCUT2D eigenvalue weighted by Crippen LogP contribution is 2.31. The Balaban J connectivity index is 1.57. The lowest BCUT2D eigenvalue weighted by Gasteiger charge is -2.24. The van der Waals surface area contributed by atoms with Gasteiger partial charge in [0.25, 0.3) is 5.91 Å². The molecule has 0 saturated carbocycles. The largest absolute Gasteiger partial charge is 0.489 e. The Hall–Kier alpha value is -3.07. The molecular weight excluding hydrogens is 536 g/mol. The normalized spacial score (nSPS) is 21.4. The summed E-state index contributed by atoms with van der Waals surface area (Å²) in [5, 5.41) is 12.4. The fourth-order valence-electron chi connectivity index (χ4n) is 5.52. The third-order valence-corrected chi connectivity index (χ3v) is 8.44. The number of benzene rings is 2. The fraction of sp³-hybridized carbons (Fsp3) is 0.455. The molecule has 0 spiro atoms. The molecule has 1 aliphatic carbocycles. The van der Waals surface area contributed by atoms with Crippen LogP contribution in [0.3, 0.4) is 0 Å². The Morgan fingerprint density at radius 1 is 1.20 bits per heavy atom. The number of rotatable bonds is 13. The zero-order valence-electron chi connectivity index (χ0n) is 24.5. The monoisotopic (exact) mass is 578 g/mol. The van der Waals surface area contributed by atoms with Crippen LogP contribution in [0, 0.1) is 12.8 Å². The van der Waals surface area contributed by atoms with E-state index in [0.29, 0.717) is 36.8 Å². The van der Waals surface area contributed by atoms with Crippen molar-refractivity contribution in [1.29, 1.82) is 0 Å². The van der Waals surface area contributed by atoms with Crippen LogP contribution in [0.15, 0.2) is 66.5 Å². The first-order valence-electron chi connectivity index (χ1n) is 14.3. The highest BCUT2D eigenvalue weighted by atomic mass is 32.2. The smallest absolute Gasteiger partial charge is 0.326 e. The van der Waals surface area contributed by atoms with Crippen LogP contribution in [0.25, 0.3) is 11.1 Å². The Kier molecular flexibility index (Phi) is 11.1. The molecule has 1 aliphatic heterocycles. The van der Waals surface area contributed by atoms with Gasteiger partial charge in [-0.05, 0) is 84.2 Å². The lowest BCUT2D eigenvalue weighted by Crippen LogP contribution is -2.41. The average molecular weight is 579 g/mol. The summed E-state index contributed by atoms with van der Waals surface area (Å²) >= 11 is 1.56. The van der Waals surface area contributed by atoms with E-state index in [1.807, 2.05) is 49.6 Å². The molecule has 41 heavy (non-hydrogen) atoms. The first-order chi connectivity index (χ1) is 19.8. The Morgan fingerprint density at radius 3 is 2.68 bits per heavy atom. The van der Waals surface area contributed by atoms with Crippen molar-refractivity contribution in [2.24, 2.45) is 5.92 Å². The maximum absolute atomic E-state index is 13.4. The van der Waals surface area contributed by atoms with Crippen LogP contribution in [0.5, 0.6) is 0 Å². The predicted molar refractivity (Wildman–Crippen MR) is 165 cm³/mol. The number of hydrogen-bond donors (Lipinski definition) is 2. The highest BCUT2D eigenvalue weighted by molar-refractivity contribution is 7.98. The molecule has 220 valence electrons. The molecule has 2 aliphatic rings. The third kappa shape index (κ3) is 8.24. The summed E-state index contributed by atoms with van der Waals surface area (Å²) in [6.07, 6.45) is 10.7. The van der Waals surface area contributed by atoms with Crippen LogP contribution in [0.1, 0.15) is 47.7 Å². The van der Waals surface area contributed by atoms with Gasteiger partial charge in [-0.3, -0.25) is 9.69 Å². The van der Waals surface area contributed by atoms with Crippen LogP contribution in [0.2, 0.25) is 0 Å². The fourth-order valence-corrected chi connectivity index (χ4v) is 5.99. The van der Waals surface area contributed by atoms with Crippen LogP contribution < -0.4 is 5.32 Å². The number of aryl methyl sites for hydroxylation is 1. The van der Waals surface area contributed by atoms with E-state index in [0.717, 1.165) is 47.4 Å². The number of allylic oxidation sites excluding steroid dienone is 3. The molecular formula is C33H42N2O5S. The van der Waals surface area contributed by atoms with Gasteiger partial charge in [-0.2, -0.15) is 11.8 Å². The molecule has 4 atom stereocenters. The molecule has 4 unspecified atom stereocenters. The SMILES string of the molecule is COCC1CC(OC2=CCC(C)C=C2)CN1Cc1ccc(C(=O)NC(CCSC)C(=O)O)c(-c2ccccc2C)c1. The molecule has 0 aromatic heterocycles. The molecule has 2 aromatic rings. The Morgan fingerprint density at radius 2 is 2.00 bits per heavy atom. The zero-order chi connectivity index (χ0) is 29.4. The molecule has 2 N–H and O–H groups in total. The lowest BCUT2D eigenvalue weighted by atomic mass is 9.93. The average Bonchev–Trinajstić information content (AvgIpc) is 3.32. The quantitative estimate of drug-likeness (QED) is 0.316. The minimum absolute atomic E-state index is 0.0783. The Labute approximate surface area is 248 Å². The second-order valence-electron chi connectivity index (χ2n) is 11.0. The van der Waals surface area contributed by atoms with Crippen molar-refractivity contribution in [1.82, 2.24) is 10.2 Å². The van der Waals surface area contributed by atoms with Crippen molar-refractivity contribution in [3.05, 3.63) is 83.1 Å². The van der Waals surface area contributed by atoms with Gasteiger partial charge < -0.3 is 19.9 Å². The molecule has 0 radical (unpaired) electrons. The number of likely N-dealkylation sites (tertiary alicyclic amines) is 1. The summed E-state index contributed by atoms with van der Waals surface area (Å²) < 4.78 is 11.9. The van der Waals surface area contributed by atoms with Gasteiger partial charge >= 0.3 is 5.97 Å². The topological polar surface area (TPSA) is 88.1 Å². The second-order valence-corrected chi connectivity index (χ2v) is 12.0. The summed E-state index contributed by atoms with van der Waals surface area (Å²) in [4.78, 5) is 27.7. The van der Waals surface area contributed by atoms with E-state index < -0.39 is 12.0 Å². The molecule has 0 bridgehead atoms. The number of carbonyl (C=O) groups is 2. The standard InChI is InChI=1S/C33H42N2O5S/c1-22-9-12-26(13-10-22)40-27-18-25(21-39-3)35(20-27)19-24-11-14-29(30(17-24)28-8-6-5-7-23(28)2)32(36)34-31(33(37)38)15-16-41-4/h5-9,11-14,17,22,25,27,31H,10,15-16,18-21H2,1-4H3,(H,34,36)(H,37,38). The highest BCUT2D eigenvalue weighted by Gasteiger charge is 2.34. The number of aliphatic carboxylic acids is 1. The maximum Gasteiger partial charge on any atom is 0.326 e. The van der Waals surface area contributed by atoms with Crippen LogP contribution >= 0.6 is 11.8 Å². The molecule has 1 saturated heterocycles. The summed E-state index contributed by atoms with van der Waals surface area (Å²) in [7, 11) is 1.73. The van der Waals surface area contributed by atoms with Gasteiger partial charge in [0.1, 0.15) is 17.9 Å². The zero-order valence-corrected chi connectivity index (χ0v) is 25.3. The molecule has 7 nitrogen and oxygen atoms in total. The van der Waals surface area contributed by atoms with Crippen molar-refractivity contribution >= 4 is 23.6 Å². The van der Waals surface area contributed by atoms with E-state index in [-0.39, 0.29) is 18.1 Å². The Bertz CT molecular complexity index is 1280. The van der Waals surface area contributed by atoms with Crippen molar-refractivity contribution in [2.75, 3.05) is 32.3 Å². The molecule has 1 amide bonds. The van der Waals surface area contributed by atoms with Crippen molar-refractivity contribution in [3.8, 4) is 11.1 Å². The maximum atomic E-state index is 13.4. The summed E-state index contributed by atoms with van der Waals surface area (Å²) in [5.74, 6) is 0.738. The molecule has 1 heterocycles. The van der Waals surface area contributed by atoms with E-state index in [2.05, 4.69) is 41.4 Å². The van der Waals surface area contributed by atoms with Gasteiger partial charge in [0.05, 0.1) is 6.61 Å². The number of carboxylic acid groups (broad SMARTS) is 1. The number of methoxy groups -OCH3 is 1. The summed E-state index contributed by atoms with van der Waals surface area (Å²) in [6.45, 7) is 6.31. The molecule has 4 rings (SSSR count). The number of carbonyl (C=O) groups excluding carboxylic acids is 1. The van der Waals surface area contributed by atoms with E-state index in [4.69, 9.17) is 9.47 Å². The molecule has 8 heteroatoms. The van der Waals surface area contributed by atoms with Crippen LogP contribution in [-0.4, -0.2) is 72.3 Å². The van der Waals surface area contributed by atoms with Gasteiger partial charge in [-0.15, -0.1) is 0 Å². The number of nitrogens with one attached hydrogen (secondary N) is 1. The first-order valence-corrected chi connectivity index (χ1v) is 15.7. The summed E-state index contributed by atoms with van der Waals surface area (Å²) in [5.41, 5.74) is 4.35. The predicted octanol–water partition coefficient (Wildman–Crippen LogP) is 5.68. The minimum atomic E-state index is -1.02. The van der Waals surface area contributed by atoms with E-state index in [1.54, 1.807) is 18.9 Å². The summed E-state index contributed by atoms with van der Waals surface area (Å²) in [6, 6.07) is 13.1. The van der Waals surface area contributed by atoms with Crippen LogP contribution in [0.4, 0.5) is 0 Å². The van der Waals surface area contributed by atoms with Gasteiger partial charge in [0, 0.05) is 38.2 Å². The second kappa shape index (κ2) is 14.7. The van der Waals surface area contributed by atoms with E-state index >= 15 is 0 Å². The van der Waals surface area contributed by atoms with Gasteiger partial charge in [0.2, 0.25) is 0 Å². The number of hydrogen-bond acceptors (Lipinski definition) is 6. The van der Waals surface area contributed by atoms with Gasteiger partial charge in [0.15, 0.2) is 0 Å². The third-order valence-electron chi connectivity index (χ3n) is 7.79. The van der Waals surface area contributed by atoms with E-state index in [9.17, 15) is 14.7 Å². The van der Waals surface area contributed by atoms with Crippen molar-refractivity contribution in [2.45, 2.75) is 57.8 Å². The number of amides is 1. The lowest BCUT2D eigenvalue weighted by molar-refractivity contribution is -0.139. The number of ether oxygens (including phenoxy) is 2.